The number of aryl methyl sites for hydroxylation is 1. The first-order valence-corrected chi connectivity index (χ1v) is 7.65. The fourth-order valence-corrected chi connectivity index (χ4v) is 2.74. The molecule has 0 aromatic heterocycles. The topological polar surface area (TPSA) is 47.3 Å². The van der Waals surface area contributed by atoms with Gasteiger partial charge in [-0.15, -0.1) is 0 Å². The van der Waals surface area contributed by atoms with Crippen LogP contribution < -0.4 is 16.0 Å². The number of halogens is 1. The molecule has 0 fully saturated rings. The average Bonchev–Trinajstić information content (AvgIpc) is 2.48. The normalized spacial score (nSPS) is 12.2. The third-order valence-electron chi connectivity index (χ3n) is 3.33. The third-order valence-corrected chi connectivity index (χ3v) is 4.00. The smallest absolute Gasteiger partial charge is 0.118 e. The van der Waals surface area contributed by atoms with Crippen molar-refractivity contribution >= 4 is 22.6 Å². The molecule has 2 aromatic carbocycles. The van der Waals surface area contributed by atoms with Crippen LogP contribution in [0.1, 0.15) is 23.6 Å². The largest absolute Gasteiger partial charge is 0.497 e. The van der Waals surface area contributed by atoms with E-state index in [0.717, 1.165) is 18.6 Å². The predicted octanol–water partition coefficient (Wildman–Crippen LogP) is 3.44. The third kappa shape index (κ3) is 4.19. The lowest BCUT2D eigenvalue weighted by atomic mass is 9.99. The van der Waals surface area contributed by atoms with E-state index < -0.39 is 0 Å². The zero-order chi connectivity index (χ0) is 14.4. The van der Waals surface area contributed by atoms with Crippen LogP contribution in [0.4, 0.5) is 0 Å². The second-order valence-corrected chi connectivity index (χ2v) is 5.91. The molecule has 1 atom stereocenters. The van der Waals surface area contributed by atoms with Crippen molar-refractivity contribution in [1.29, 1.82) is 0 Å². The van der Waals surface area contributed by atoms with Crippen LogP contribution in [0.2, 0.25) is 0 Å². The Kier molecular flexibility index (Phi) is 5.82. The van der Waals surface area contributed by atoms with E-state index in [1.807, 2.05) is 12.1 Å². The molecule has 1 unspecified atom stereocenters. The van der Waals surface area contributed by atoms with Gasteiger partial charge in [-0.2, -0.15) is 0 Å². The maximum absolute atomic E-state index is 5.69. The molecule has 2 rings (SSSR count). The van der Waals surface area contributed by atoms with Gasteiger partial charge in [0.1, 0.15) is 5.75 Å². The highest BCUT2D eigenvalue weighted by Crippen LogP contribution is 2.21. The van der Waals surface area contributed by atoms with Crippen molar-refractivity contribution in [3.05, 3.63) is 63.2 Å². The number of hydrogen-bond acceptors (Lipinski definition) is 3. The summed E-state index contributed by atoms with van der Waals surface area (Å²) in [4.78, 5) is 0. The first kappa shape index (κ1) is 15.3. The number of nitrogens with one attached hydrogen (secondary N) is 1. The number of methoxy groups -OCH3 is 1. The summed E-state index contributed by atoms with van der Waals surface area (Å²) in [5, 5.41) is 0. The van der Waals surface area contributed by atoms with Crippen molar-refractivity contribution < 1.29 is 4.74 Å². The van der Waals surface area contributed by atoms with Crippen LogP contribution in [-0.2, 0) is 6.42 Å². The van der Waals surface area contributed by atoms with Crippen molar-refractivity contribution in [2.45, 2.75) is 18.9 Å². The molecule has 0 spiro atoms. The molecule has 0 amide bonds. The van der Waals surface area contributed by atoms with Crippen molar-refractivity contribution in [2.75, 3.05) is 7.11 Å². The van der Waals surface area contributed by atoms with Crippen LogP contribution in [0, 0.1) is 3.57 Å². The van der Waals surface area contributed by atoms with Gasteiger partial charge in [0.25, 0.3) is 0 Å². The van der Waals surface area contributed by atoms with Crippen LogP contribution in [0.3, 0.4) is 0 Å². The molecule has 0 heterocycles. The van der Waals surface area contributed by atoms with Crippen LogP contribution >= 0.6 is 22.6 Å². The average molecular weight is 382 g/mol. The second-order valence-electron chi connectivity index (χ2n) is 4.66. The fourth-order valence-electron chi connectivity index (χ4n) is 2.17. The molecule has 0 bridgehead atoms. The molecule has 0 aliphatic rings. The summed E-state index contributed by atoms with van der Waals surface area (Å²) in [5.74, 6) is 6.58. The number of hydrogen-bond donors (Lipinski definition) is 2. The highest BCUT2D eigenvalue weighted by Gasteiger charge is 2.10. The fraction of sp³-hybridized carbons (Fsp3) is 0.250. The quantitative estimate of drug-likeness (QED) is 0.457. The molecule has 0 saturated carbocycles. The van der Waals surface area contributed by atoms with E-state index in [1.54, 1.807) is 7.11 Å². The zero-order valence-corrected chi connectivity index (χ0v) is 13.6. The lowest BCUT2D eigenvalue weighted by Gasteiger charge is -2.16. The van der Waals surface area contributed by atoms with E-state index >= 15 is 0 Å². The van der Waals surface area contributed by atoms with E-state index in [-0.39, 0.29) is 6.04 Å². The Balaban J connectivity index is 1.99. The predicted molar refractivity (Wildman–Crippen MR) is 90.5 cm³/mol. The van der Waals surface area contributed by atoms with Gasteiger partial charge in [-0.1, -0.05) is 24.3 Å². The SMILES string of the molecule is COc1ccc(CCC(NN)c2cccc(I)c2)cc1. The molecule has 106 valence electrons. The monoisotopic (exact) mass is 382 g/mol. The molecule has 0 aliphatic carbocycles. The zero-order valence-electron chi connectivity index (χ0n) is 11.5. The summed E-state index contributed by atoms with van der Waals surface area (Å²) in [7, 11) is 1.68. The Labute approximate surface area is 133 Å². The van der Waals surface area contributed by atoms with Gasteiger partial charge in [0, 0.05) is 9.61 Å². The number of nitrogens with two attached hydrogens (primary N) is 1. The molecular weight excluding hydrogens is 363 g/mol. The van der Waals surface area contributed by atoms with Gasteiger partial charge < -0.3 is 4.74 Å². The van der Waals surface area contributed by atoms with E-state index in [1.165, 1.54) is 14.7 Å². The van der Waals surface area contributed by atoms with Gasteiger partial charge >= 0.3 is 0 Å². The van der Waals surface area contributed by atoms with Crippen LogP contribution in [0.15, 0.2) is 48.5 Å². The number of hydrazine groups is 1. The molecular formula is C16H19IN2O. The van der Waals surface area contributed by atoms with Crippen molar-refractivity contribution in [3.63, 3.8) is 0 Å². The molecule has 4 heteroatoms. The van der Waals surface area contributed by atoms with Gasteiger partial charge in [0.2, 0.25) is 0 Å². The molecule has 3 nitrogen and oxygen atoms in total. The van der Waals surface area contributed by atoms with Crippen LogP contribution in [-0.4, -0.2) is 7.11 Å². The summed E-state index contributed by atoms with van der Waals surface area (Å²) in [6.45, 7) is 0. The van der Waals surface area contributed by atoms with E-state index in [0.29, 0.717) is 0 Å². The summed E-state index contributed by atoms with van der Waals surface area (Å²) < 4.78 is 6.39. The Bertz CT molecular complexity index is 542. The Morgan fingerprint density at radius 2 is 1.95 bits per heavy atom. The van der Waals surface area contributed by atoms with Gasteiger partial charge in [-0.3, -0.25) is 11.3 Å². The number of rotatable bonds is 6. The number of benzene rings is 2. The maximum atomic E-state index is 5.69. The van der Waals surface area contributed by atoms with Crippen LogP contribution in [0.25, 0.3) is 0 Å². The summed E-state index contributed by atoms with van der Waals surface area (Å²) in [6, 6.07) is 16.8. The molecule has 0 radical (unpaired) electrons. The summed E-state index contributed by atoms with van der Waals surface area (Å²) >= 11 is 2.32. The summed E-state index contributed by atoms with van der Waals surface area (Å²) in [6.07, 6.45) is 1.94. The minimum Gasteiger partial charge on any atom is -0.497 e. The molecule has 20 heavy (non-hydrogen) atoms. The van der Waals surface area contributed by atoms with Crippen molar-refractivity contribution in [3.8, 4) is 5.75 Å². The molecule has 3 N–H and O–H groups in total. The highest BCUT2D eigenvalue weighted by molar-refractivity contribution is 14.1. The summed E-state index contributed by atoms with van der Waals surface area (Å²) in [5.41, 5.74) is 5.43. The first-order valence-electron chi connectivity index (χ1n) is 6.57. The highest BCUT2D eigenvalue weighted by atomic mass is 127. The Morgan fingerprint density at radius 1 is 1.20 bits per heavy atom. The van der Waals surface area contributed by atoms with Gasteiger partial charge in [0.15, 0.2) is 0 Å². The van der Waals surface area contributed by atoms with Crippen LogP contribution in [0.5, 0.6) is 5.75 Å². The van der Waals surface area contributed by atoms with Crippen molar-refractivity contribution in [1.82, 2.24) is 5.43 Å². The van der Waals surface area contributed by atoms with E-state index in [4.69, 9.17) is 10.6 Å². The lowest BCUT2D eigenvalue weighted by molar-refractivity contribution is 0.414. The van der Waals surface area contributed by atoms with E-state index in [2.05, 4.69) is 64.4 Å². The second kappa shape index (κ2) is 7.61. The maximum Gasteiger partial charge on any atom is 0.118 e. The van der Waals surface area contributed by atoms with E-state index in [9.17, 15) is 0 Å². The molecule has 0 aliphatic heterocycles. The van der Waals surface area contributed by atoms with Gasteiger partial charge in [-0.05, 0) is 70.8 Å². The first-order chi connectivity index (χ1) is 9.72. The Morgan fingerprint density at radius 3 is 2.55 bits per heavy atom. The molecule has 2 aromatic rings. The molecule has 0 saturated heterocycles. The number of ether oxygens (including phenoxy) is 1. The van der Waals surface area contributed by atoms with Gasteiger partial charge in [-0.25, -0.2) is 0 Å². The minimum atomic E-state index is 0.173. The lowest BCUT2D eigenvalue weighted by Crippen LogP contribution is -2.28. The van der Waals surface area contributed by atoms with Gasteiger partial charge in [0.05, 0.1) is 7.11 Å². The standard InChI is InChI=1S/C16H19IN2O/c1-20-15-8-5-12(6-9-15)7-10-16(19-18)13-3-2-4-14(17)11-13/h2-6,8-9,11,16,19H,7,10,18H2,1H3. The Hall–Kier alpha value is -1.11. The minimum absolute atomic E-state index is 0.173. The van der Waals surface area contributed by atoms with Crippen molar-refractivity contribution in [2.24, 2.45) is 5.84 Å².